The second-order valence-electron chi connectivity index (χ2n) is 3.98. The first kappa shape index (κ1) is 11.1. The fourth-order valence-electron chi connectivity index (χ4n) is 1.80. The normalized spacial score (nSPS) is 22.9. The van der Waals surface area contributed by atoms with Crippen molar-refractivity contribution >= 4 is 5.78 Å². The number of hydrogen-bond acceptors (Lipinski definition) is 3. The van der Waals surface area contributed by atoms with Gasteiger partial charge in [-0.3, -0.25) is 4.79 Å². The average molecular weight is 220 g/mol. The van der Waals surface area contributed by atoms with Gasteiger partial charge in [0, 0.05) is 5.56 Å². The van der Waals surface area contributed by atoms with Crippen LogP contribution in [0, 0.1) is 0 Å². The molecule has 0 saturated carbocycles. The molecule has 0 radical (unpaired) electrons. The summed E-state index contributed by atoms with van der Waals surface area (Å²) in [5.41, 5.74) is 0.699. The van der Waals surface area contributed by atoms with Gasteiger partial charge in [-0.2, -0.15) is 0 Å². The molecule has 0 spiro atoms. The topological polar surface area (TPSA) is 38.8 Å². The van der Waals surface area contributed by atoms with Crippen LogP contribution >= 0.6 is 0 Å². The molecule has 2 atom stereocenters. The van der Waals surface area contributed by atoms with Crippen molar-refractivity contribution in [1.82, 2.24) is 0 Å². The third-order valence-electron chi connectivity index (χ3n) is 2.79. The molecule has 0 bridgehead atoms. The van der Waals surface area contributed by atoms with E-state index in [9.17, 15) is 4.79 Å². The van der Waals surface area contributed by atoms with Crippen LogP contribution < -0.4 is 4.74 Å². The summed E-state index contributed by atoms with van der Waals surface area (Å²) < 4.78 is 10.4. The lowest BCUT2D eigenvalue weighted by molar-refractivity contribution is 0.0953. The van der Waals surface area contributed by atoms with Crippen LogP contribution in [-0.4, -0.2) is 25.1 Å². The predicted molar refractivity (Wildman–Crippen MR) is 60.9 cm³/mol. The smallest absolute Gasteiger partial charge is 0.194 e. The largest absolute Gasteiger partial charge is 0.497 e. The number of benzene rings is 1. The molecule has 0 unspecified atom stereocenters. The summed E-state index contributed by atoms with van der Waals surface area (Å²) >= 11 is 0. The molecular formula is C13H16O3. The first-order valence-electron chi connectivity index (χ1n) is 5.60. The Morgan fingerprint density at radius 2 is 2.06 bits per heavy atom. The Balaban J connectivity index is 1.99. The molecule has 3 nitrogen and oxygen atoms in total. The number of rotatable bonds is 5. The van der Waals surface area contributed by atoms with Gasteiger partial charge >= 0.3 is 0 Å². The highest BCUT2D eigenvalue weighted by atomic mass is 16.6. The fourth-order valence-corrected chi connectivity index (χ4v) is 1.80. The summed E-state index contributed by atoms with van der Waals surface area (Å²) in [6.45, 7) is 2.09. The lowest BCUT2D eigenvalue weighted by Crippen LogP contribution is -2.10. The zero-order valence-corrected chi connectivity index (χ0v) is 9.60. The number of epoxide rings is 1. The van der Waals surface area contributed by atoms with E-state index in [1.165, 1.54) is 0 Å². The van der Waals surface area contributed by atoms with E-state index in [1.54, 1.807) is 31.4 Å². The highest BCUT2D eigenvalue weighted by molar-refractivity contribution is 6.01. The highest BCUT2D eigenvalue weighted by Crippen LogP contribution is 2.30. The number of methoxy groups -OCH3 is 1. The molecule has 0 aliphatic carbocycles. The number of ether oxygens (including phenoxy) is 2. The second-order valence-corrected chi connectivity index (χ2v) is 3.98. The van der Waals surface area contributed by atoms with Crippen molar-refractivity contribution in [3.8, 4) is 5.75 Å². The molecule has 1 aliphatic rings. The number of carbonyl (C=O) groups is 1. The van der Waals surface area contributed by atoms with Gasteiger partial charge in [-0.25, -0.2) is 0 Å². The van der Waals surface area contributed by atoms with E-state index < -0.39 is 0 Å². The SMILES string of the molecule is CCC[C@H]1O[C@@H]1C(=O)c1ccc(OC)cc1. The molecule has 1 aromatic carbocycles. The summed E-state index contributed by atoms with van der Waals surface area (Å²) in [6.07, 6.45) is 1.94. The van der Waals surface area contributed by atoms with Crippen LogP contribution in [0.5, 0.6) is 5.75 Å². The Hall–Kier alpha value is -1.35. The van der Waals surface area contributed by atoms with Crippen LogP contribution in [0.2, 0.25) is 0 Å². The Kier molecular flexibility index (Phi) is 3.25. The second kappa shape index (κ2) is 4.66. The van der Waals surface area contributed by atoms with Gasteiger partial charge in [0.1, 0.15) is 11.9 Å². The molecule has 1 heterocycles. The van der Waals surface area contributed by atoms with E-state index in [4.69, 9.17) is 9.47 Å². The van der Waals surface area contributed by atoms with Gasteiger partial charge in [-0.1, -0.05) is 13.3 Å². The van der Waals surface area contributed by atoms with Gasteiger partial charge in [-0.15, -0.1) is 0 Å². The maximum atomic E-state index is 11.9. The van der Waals surface area contributed by atoms with Crippen LogP contribution in [-0.2, 0) is 4.74 Å². The molecule has 16 heavy (non-hydrogen) atoms. The minimum atomic E-state index is -0.214. The fraction of sp³-hybridized carbons (Fsp3) is 0.462. The minimum absolute atomic E-state index is 0.0844. The zero-order chi connectivity index (χ0) is 11.5. The molecule has 1 aliphatic heterocycles. The van der Waals surface area contributed by atoms with Crippen LogP contribution in [0.15, 0.2) is 24.3 Å². The predicted octanol–water partition coefficient (Wildman–Crippen LogP) is 2.45. The Labute approximate surface area is 95.4 Å². The number of hydrogen-bond donors (Lipinski definition) is 0. The van der Waals surface area contributed by atoms with Crippen molar-refractivity contribution in [3.05, 3.63) is 29.8 Å². The maximum Gasteiger partial charge on any atom is 0.194 e. The molecule has 0 aromatic heterocycles. The van der Waals surface area contributed by atoms with E-state index in [1.807, 2.05) is 0 Å². The van der Waals surface area contributed by atoms with E-state index in [0.717, 1.165) is 18.6 Å². The first-order chi connectivity index (χ1) is 7.76. The van der Waals surface area contributed by atoms with Crippen molar-refractivity contribution in [1.29, 1.82) is 0 Å². The first-order valence-corrected chi connectivity index (χ1v) is 5.60. The Bertz CT molecular complexity index is 369. The maximum absolute atomic E-state index is 11.9. The third kappa shape index (κ3) is 2.25. The molecule has 2 rings (SSSR count). The summed E-state index contributed by atoms with van der Waals surface area (Å²) in [5.74, 6) is 0.847. The van der Waals surface area contributed by atoms with Gasteiger partial charge in [0.15, 0.2) is 5.78 Å². The van der Waals surface area contributed by atoms with Crippen molar-refractivity contribution in [2.45, 2.75) is 32.0 Å². The molecule has 1 saturated heterocycles. The third-order valence-corrected chi connectivity index (χ3v) is 2.79. The highest BCUT2D eigenvalue weighted by Gasteiger charge is 2.43. The number of ketones is 1. The lowest BCUT2D eigenvalue weighted by atomic mass is 10.0. The minimum Gasteiger partial charge on any atom is -0.497 e. The molecule has 86 valence electrons. The molecule has 0 N–H and O–H groups in total. The Morgan fingerprint density at radius 3 is 2.62 bits per heavy atom. The summed E-state index contributed by atoms with van der Waals surface area (Å²) in [5, 5.41) is 0. The van der Waals surface area contributed by atoms with Gasteiger partial charge in [-0.05, 0) is 30.7 Å². The van der Waals surface area contributed by atoms with E-state index in [-0.39, 0.29) is 18.0 Å². The van der Waals surface area contributed by atoms with Gasteiger partial charge in [0.05, 0.1) is 13.2 Å². The van der Waals surface area contributed by atoms with Crippen LogP contribution in [0.1, 0.15) is 30.1 Å². The van der Waals surface area contributed by atoms with E-state index >= 15 is 0 Å². The van der Waals surface area contributed by atoms with Crippen LogP contribution in [0.3, 0.4) is 0 Å². The van der Waals surface area contributed by atoms with Crippen molar-refractivity contribution in [2.24, 2.45) is 0 Å². The summed E-state index contributed by atoms with van der Waals surface area (Å²) in [4.78, 5) is 11.9. The van der Waals surface area contributed by atoms with Crippen molar-refractivity contribution in [2.75, 3.05) is 7.11 Å². The molecule has 1 aromatic rings. The van der Waals surface area contributed by atoms with E-state index in [2.05, 4.69) is 6.92 Å². The van der Waals surface area contributed by atoms with Crippen molar-refractivity contribution < 1.29 is 14.3 Å². The number of carbonyl (C=O) groups excluding carboxylic acids is 1. The van der Waals surface area contributed by atoms with Gasteiger partial charge in [0.25, 0.3) is 0 Å². The van der Waals surface area contributed by atoms with Gasteiger partial charge < -0.3 is 9.47 Å². The monoisotopic (exact) mass is 220 g/mol. The average Bonchev–Trinajstić information content (AvgIpc) is 3.08. The molecule has 3 heteroatoms. The summed E-state index contributed by atoms with van der Waals surface area (Å²) in [6, 6.07) is 7.16. The van der Waals surface area contributed by atoms with E-state index in [0.29, 0.717) is 5.56 Å². The standard InChI is InChI=1S/C13H16O3/c1-3-4-11-13(16-11)12(14)9-5-7-10(15-2)8-6-9/h5-8,11,13H,3-4H2,1-2H3/t11-,13+/m1/s1. The molecule has 1 fully saturated rings. The Morgan fingerprint density at radius 1 is 1.38 bits per heavy atom. The lowest BCUT2D eigenvalue weighted by Gasteiger charge is -2.00. The number of Topliss-reactive ketones (excluding diaryl/α,β-unsaturated/α-hetero) is 1. The zero-order valence-electron chi connectivity index (χ0n) is 9.60. The summed E-state index contributed by atoms with van der Waals surface area (Å²) in [7, 11) is 1.61. The van der Waals surface area contributed by atoms with Crippen LogP contribution in [0.4, 0.5) is 0 Å². The molecule has 0 amide bonds. The molecular weight excluding hydrogens is 204 g/mol. The van der Waals surface area contributed by atoms with Crippen molar-refractivity contribution in [3.63, 3.8) is 0 Å². The quantitative estimate of drug-likeness (QED) is 0.565. The van der Waals surface area contributed by atoms with Crippen LogP contribution in [0.25, 0.3) is 0 Å². The van der Waals surface area contributed by atoms with Gasteiger partial charge in [0.2, 0.25) is 0 Å².